The summed E-state index contributed by atoms with van der Waals surface area (Å²) in [5.41, 5.74) is 0.0769. The van der Waals surface area contributed by atoms with Gasteiger partial charge in [-0.25, -0.2) is 26.5 Å². The molecule has 2 saturated heterocycles. The number of benzene rings is 2. The average Bonchev–Trinajstić information content (AvgIpc) is 3.52. The van der Waals surface area contributed by atoms with Crippen molar-refractivity contribution in [3.05, 3.63) is 42.5 Å². The Morgan fingerprint density at radius 2 is 1.50 bits per heavy atom. The van der Waals surface area contributed by atoms with Crippen molar-refractivity contribution in [2.75, 3.05) is 38.3 Å². The largest absolute Gasteiger partial charge is 0.495 e. The molecule has 0 atom stereocenters. The van der Waals surface area contributed by atoms with Crippen LogP contribution in [0, 0.1) is 0 Å². The molecule has 0 radical (unpaired) electrons. The second kappa shape index (κ2) is 10.5. The Bertz CT molecular complexity index is 1340. The molecule has 36 heavy (non-hydrogen) atoms. The SMILES string of the molecule is COc1ccc(S(=O)(=O)NCCOc2ccc(S(=O)(=O)N3CCCC3)cc2)cc1N1C(=O)CCC1=O. The molecule has 4 rings (SSSR count). The standard InChI is InChI=1S/C23H27N3O8S2/c1-33-21-9-8-19(16-20(21)26-22(27)10-11-23(26)28)35(29,30)24-12-15-34-17-4-6-18(7-5-17)36(31,32)25-13-2-3-14-25/h4-9,16,24H,2-3,10-15H2,1H3. The molecular weight excluding hydrogens is 510 g/mol. The Morgan fingerprint density at radius 3 is 2.11 bits per heavy atom. The number of imide groups is 1. The Morgan fingerprint density at radius 1 is 0.889 bits per heavy atom. The number of anilines is 1. The summed E-state index contributed by atoms with van der Waals surface area (Å²) in [5, 5.41) is 0. The normalized spacial score (nSPS) is 17.1. The molecule has 13 heteroatoms. The lowest BCUT2D eigenvalue weighted by atomic mass is 10.2. The van der Waals surface area contributed by atoms with E-state index in [0.717, 1.165) is 17.7 Å². The first kappa shape index (κ1) is 26.1. The minimum atomic E-state index is -3.98. The van der Waals surface area contributed by atoms with Crippen molar-refractivity contribution in [2.24, 2.45) is 0 Å². The summed E-state index contributed by atoms with van der Waals surface area (Å²) in [6, 6.07) is 9.91. The maximum Gasteiger partial charge on any atom is 0.243 e. The molecule has 2 aliphatic rings. The maximum absolute atomic E-state index is 12.8. The summed E-state index contributed by atoms with van der Waals surface area (Å²) in [7, 11) is -6.14. The van der Waals surface area contributed by atoms with Crippen molar-refractivity contribution < 1.29 is 35.9 Å². The van der Waals surface area contributed by atoms with E-state index < -0.39 is 31.9 Å². The van der Waals surface area contributed by atoms with E-state index in [2.05, 4.69) is 4.72 Å². The molecule has 0 saturated carbocycles. The quantitative estimate of drug-likeness (QED) is 0.355. The minimum Gasteiger partial charge on any atom is -0.495 e. The number of sulfonamides is 2. The Labute approximate surface area is 210 Å². The van der Waals surface area contributed by atoms with Crippen molar-refractivity contribution in [3.63, 3.8) is 0 Å². The van der Waals surface area contributed by atoms with Gasteiger partial charge in [0, 0.05) is 32.5 Å². The molecule has 2 amide bonds. The van der Waals surface area contributed by atoms with E-state index >= 15 is 0 Å². The van der Waals surface area contributed by atoms with E-state index in [1.807, 2.05) is 0 Å². The van der Waals surface area contributed by atoms with Crippen LogP contribution in [0.15, 0.2) is 52.3 Å². The van der Waals surface area contributed by atoms with Crippen LogP contribution in [0.25, 0.3) is 0 Å². The van der Waals surface area contributed by atoms with Gasteiger partial charge in [0.15, 0.2) is 0 Å². The molecule has 0 unspecified atom stereocenters. The van der Waals surface area contributed by atoms with E-state index in [0.29, 0.717) is 18.8 Å². The van der Waals surface area contributed by atoms with Crippen LogP contribution >= 0.6 is 0 Å². The van der Waals surface area contributed by atoms with Crippen molar-refractivity contribution in [1.82, 2.24) is 9.03 Å². The lowest BCUT2D eigenvalue weighted by Gasteiger charge is -2.18. The molecule has 2 aliphatic heterocycles. The minimum absolute atomic E-state index is 0.0104. The number of carbonyl (C=O) groups is 2. The highest BCUT2D eigenvalue weighted by Gasteiger charge is 2.33. The Kier molecular flexibility index (Phi) is 7.64. The van der Waals surface area contributed by atoms with Crippen molar-refractivity contribution in [2.45, 2.75) is 35.5 Å². The number of methoxy groups -OCH3 is 1. The molecule has 2 heterocycles. The first-order valence-electron chi connectivity index (χ1n) is 11.4. The van der Waals surface area contributed by atoms with Crippen LogP contribution in [0.1, 0.15) is 25.7 Å². The second-order valence-electron chi connectivity index (χ2n) is 8.29. The molecule has 1 N–H and O–H groups in total. The van der Waals surface area contributed by atoms with Gasteiger partial charge in [0.2, 0.25) is 31.9 Å². The van der Waals surface area contributed by atoms with Gasteiger partial charge in [0.05, 0.1) is 22.6 Å². The van der Waals surface area contributed by atoms with Crippen LogP contribution in [0.2, 0.25) is 0 Å². The van der Waals surface area contributed by atoms with Gasteiger partial charge in [-0.3, -0.25) is 9.59 Å². The third-order valence-electron chi connectivity index (χ3n) is 5.94. The van der Waals surface area contributed by atoms with Crippen LogP contribution in [0.3, 0.4) is 0 Å². The van der Waals surface area contributed by atoms with Crippen molar-refractivity contribution >= 4 is 37.5 Å². The van der Waals surface area contributed by atoms with Gasteiger partial charge in [0.25, 0.3) is 0 Å². The van der Waals surface area contributed by atoms with Gasteiger partial charge in [-0.1, -0.05) is 0 Å². The van der Waals surface area contributed by atoms with Crippen molar-refractivity contribution in [1.29, 1.82) is 0 Å². The zero-order valence-corrected chi connectivity index (χ0v) is 21.3. The van der Waals surface area contributed by atoms with E-state index in [4.69, 9.17) is 9.47 Å². The van der Waals surface area contributed by atoms with Crippen LogP contribution in [0.4, 0.5) is 5.69 Å². The summed E-state index contributed by atoms with van der Waals surface area (Å²) in [6.07, 6.45) is 1.81. The van der Waals surface area contributed by atoms with Gasteiger partial charge < -0.3 is 9.47 Å². The fourth-order valence-corrected chi connectivity index (χ4v) is 6.62. The number of ether oxygens (including phenoxy) is 2. The predicted molar refractivity (Wildman–Crippen MR) is 130 cm³/mol. The highest BCUT2D eigenvalue weighted by atomic mass is 32.2. The molecule has 0 aliphatic carbocycles. The zero-order chi connectivity index (χ0) is 25.9. The smallest absolute Gasteiger partial charge is 0.243 e. The number of hydrogen-bond donors (Lipinski definition) is 1. The molecule has 0 bridgehead atoms. The third-order valence-corrected chi connectivity index (χ3v) is 9.31. The summed E-state index contributed by atoms with van der Waals surface area (Å²) >= 11 is 0. The molecule has 0 aromatic heterocycles. The monoisotopic (exact) mass is 537 g/mol. The number of hydrogen-bond acceptors (Lipinski definition) is 8. The molecule has 0 spiro atoms. The van der Waals surface area contributed by atoms with Gasteiger partial charge in [-0.15, -0.1) is 0 Å². The summed E-state index contributed by atoms with van der Waals surface area (Å²) in [5.74, 6) is -0.245. The second-order valence-corrected chi connectivity index (χ2v) is 12.0. The number of rotatable bonds is 10. The molecule has 11 nitrogen and oxygen atoms in total. The van der Waals surface area contributed by atoms with Gasteiger partial charge in [0.1, 0.15) is 18.1 Å². The number of nitrogens with one attached hydrogen (secondary N) is 1. The van der Waals surface area contributed by atoms with Gasteiger partial charge >= 0.3 is 0 Å². The van der Waals surface area contributed by atoms with Crippen LogP contribution < -0.4 is 19.1 Å². The van der Waals surface area contributed by atoms with Crippen LogP contribution in [0.5, 0.6) is 11.5 Å². The fraction of sp³-hybridized carbons (Fsp3) is 0.391. The van der Waals surface area contributed by atoms with Crippen LogP contribution in [-0.2, 0) is 29.6 Å². The Balaban J connectivity index is 1.37. The average molecular weight is 538 g/mol. The van der Waals surface area contributed by atoms with E-state index in [1.165, 1.54) is 53.9 Å². The zero-order valence-electron chi connectivity index (χ0n) is 19.7. The van der Waals surface area contributed by atoms with Gasteiger partial charge in [-0.2, -0.15) is 4.31 Å². The summed E-state index contributed by atoms with van der Waals surface area (Å²) in [4.78, 5) is 25.3. The Hall–Kier alpha value is -3.00. The van der Waals surface area contributed by atoms with E-state index in [9.17, 15) is 26.4 Å². The van der Waals surface area contributed by atoms with Crippen LogP contribution in [-0.4, -0.2) is 66.3 Å². The first-order valence-corrected chi connectivity index (χ1v) is 14.3. The highest BCUT2D eigenvalue weighted by Crippen LogP contribution is 2.34. The summed E-state index contributed by atoms with van der Waals surface area (Å²) < 4.78 is 65.4. The lowest BCUT2D eigenvalue weighted by Crippen LogP contribution is -2.30. The first-order chi connectivity index (χ1) is 17.1. The molecule has 194 valence electrons. The number of amides is 2. The predicted octanol–water partition coefficient (Wildman–Crippen LogP) is 1.49. The molecule has 2 aromatic carbocycles. The lowest BCUT2D eigenvalue weighted by molar-refractivity contribution is -0.121. The topological polar surface area (TPSA) is 139 Å². The summed E-state index contributed by atoms with van der Waals surface area (Å²) in [6.45, 7) is 0.949. The van der Waals surface area contributed by atoms with E-state index in [-0.39, 0.29) is 47.2 Å². The highest BCUT2D eigenvalue weighted by molar-refractivity contribution is 7.89. The third kappa shape index (κ3) is 5.38. The van der Waals surface area contributed by atoms with E-state index in [1.54, 1.807) is 0 Å². The van der Waals surface area contributed by atoms with Gasteiger partial charge in [-0.05, 0) is 55.3 Å². The number of carbonyl (C=O) groups excluding carboxylic acids is 2. The molecular formula is C23H27N3O8S2. The maximum atomic E-state index is 12.8. The number of nitrogens with zero attached hydrogens (tertiary/aromatic N) is 2. The fourth-order valence-electron chi connectivity index (χ4n) is 4.07. The molecule has 2 fully saturated rings. The molecule has 2 aromatic rings. The van der Waals surface area contributed by atoms with Crippen molar-refractivity contribution in [3.8, 4) is 11.5 Å².